The number of ether oxygens (including phenoxy) is 1. The Bertz CT molecular complexity index is 1300. The maximum atomic E-state index is 12.5. The van der Waals surface area contributed by atoms with Gasteiger partial charge in [0.15, 0.2) is 0 Å². The van der Waals surface area contributed by atoms with Crippen molar-refractivity contribution in [3.8, 4) is 27.6 Å². The molecule has 5 rings (SSSR count). The van der Waals surface area contributed by atoms with Gasteiger partial charge in [-0.25, -0.2) is 4.98 Å². The molecule has 0 aliphatic heterocycles. The molecule has 1 aromatic carbocycles. The zero-order chi connectivity index (χ0) is 17.7. The van der Waals surface area contributed by atoms with Crippen molar-refractivity contribution >= 4 is 38.5 Å². The van der Waals surface area contributed by atoms with Crippen molar-refractivity contribution < 1.29 is 4.74 Å². The highest BCUT2D eigenvalue weighted by Gasteiger charge is 2.15. The number of rotatable bonds is 3. The van der Waals surface area contributed by atoms with Crippen LogP contribution >= 0.6 is 22.7 Å². The summed E-state index contributed by atoms with van der Waals surface area (Å²) in [6.45, 7) is 0. The summed E-state index contributed by atoms with van der Waals surface area (Å²) in [5, 5.41) is 10.2. The number of methoxy groups -OCH3 is 1. The van der Waals surface area contributed by atoms with Gasteiger partial charge in [0.25, 0.3) is 5.56 Å². The van der Waals surface area contributed by atoms with Gasteiger partial charge in [-0.15, -0.1) is 0 Å². The fourth-order valence-electron chi connectivity index (χ4n) is 2.88. The van der Waals surface area contributed by atoms with Crippen LogP contribution in [0.15, 0.2) is 52.1 Å². The predicted octanol–water partition coefficient (Wildman–Crippen LogP) is 4.04. The van der Waals surface area contributed by atoms with E-state index in [1.165, 1.54) is 21.9 Å². The molecule has 4 heterocycles. The number of thiophene rings is 1. The van der Waals surface area contributed by atoms with Crippen LogP contribution in [-0.4, -0.2) is 26.7 Å². The zero-order valence-electron chi connectivity index (χ0n) is 13.6. The number of H-pyrrole nitrogens is 1. The van der Waals surface area contributed by atoms with Crippen LogP contribution in [-0.2, 0) is 0 Å². The predicted molar refractivity (Wildman–Crippen MR) is 104 cm³/mol. The third kappa shape index (κ3) is 2.34. The molecule has 6 nitrogen and oxygen atoms in total. The van der Waals surface area contributed by atoms with Gasteiger partial charge in [0, 0.05) is 39.7 Å². The Balaban J connectivity index is 1.71. The number of aromatic nitrogens is 4. The Kier molecular flexibility index (Phi) is 3.41. The second-order valence-electron chi connectivity index (χ2n) is 5.71. The largest absolute Gasteiger partial charge is 0.497 e. The minimum absolute atomic E-state index is 0.184. The van der Waals surface area contributed by atoms with E-state index < -0.39 is 0 Å². The first kappa shape index (κ1) is 15.3. The highest BCUT2D eigenvalue weighted by Crippen LogP contribution is 2.33. The van der Waals surface area contributed by atoms with E-state index in [-0.39, 0.29) is 5.56 Å². The van der Waals surface area contributed by atoms with Crippen molar-refractivity contribution in [3.05, 3.63) is 57.6 Å². The van der Waals surface area contributed by atoms with E-state index >= 15 is 0 Å². The summed E-state index contributed by atoms with van der Waals surface area (Å²) in [6.07, 6.45) is 1.90. The molecule has 0 unspecified atom stereocenters. The van der Waals surface area contributed by atoms with Crippen molar-refractivity contribution in [2.75, 3.05) is 7.11 Å². The van der Waals surface area contributed by atoms with Gasteiger partial charge >= 0.3 is 0 Å². The summed E-state index contributed by atoms with van der Waals surface area (Å²) >= 11 is 2.97. The number of nitrogens with zero attached hydrogens (tertiary/aromatic N) is 3. The summed E-state index contributed by atoms with van der Waals surface area (Å²) in [4.78, 5) is 20.9. The molecule has 0 spiro atoms. The minimum atomic E-state index is -0.184. The van der Waals surface area contributed by atoms with Crippen LogP contribution < -0.4 is 10.3 Å². The maximum absolute atomic E-state index is 12.5. The lowest BCUT2D eigenvalue weighted by molar-refractivity contribution is 0.415. The standard InChI is InChI=1S/C18H12N4O2S2/c1-24-11-2-3-14-12(6-11)13(8-19-14)17-21-22-16(23)7-15(20-18(22)26-17)10-4-5-25-9-10/h2-9,19H,1H3. The van der Waals surface area contributed by atoms with Gasteiger partial charge in [0.2, 0.25) is 4.96 Å². The lowest BCUT2D eigenvalue weighted by Gasteiger charge is -1.99. The Morgan fingerprint density at radius 2 is 2.15 bits per heavy atom. The average Bonchev–Trinajstić information content (AvgIpc) is 3.39. The molecule has 1 N–H and O–H groups in total. The fraction of sp³-hybridized carbons (Fsp3) is 0.0556. The van der Waals surface area contributed by atoms with Crippen LogP contribution in [0.25, 0.3) is 37.7 Å². The molecule has 0 saturated carbocycles. The molecule has 0 atom stereocenters. The molecular formula is C18H12N4O2S2. The summed E-state index contributed by atoms with van der Waals surface area (Å²) in [5.41, 5.74) is 3.34. The summed E-state index contributed by atoms with van der Waals surface area (Å²) in [7, 11) is 1.64. The summed E-state index contributed by atoms with van der Waals surface area (Å²) in [5.74, 6) is 0.773. The first-order valence-corrected chi connectivity index (χ1v) is 9.58. The number of hydrogen-bond acceptors (Lipinski definition) is 6. The molecule has 0 aliphatic rings. The van der Waals surface area contributed by atoms with Crippen molar-refractivity contribution in [3.63, 3.8) is 0 Å². The van der Waals surface area contributed by atoms with Crippen molar-refractivity contribution in [2.24, 2.45) is 0 Å². The SMILES string of the molecule is COc1ccc2[nH]cc(-c3nn4c(=O)cc(-c5ccsc5)nc4s3)c2c1. The van der Waals surface area contributed by atoms with Crippen molar-refractivity contribution in [1.29, 1.82) is 0 Å². The van der Waals surface area contributed by atoms with Crippen LogP contribution in [0, 0.1) is 0 Å². The van der Waals surface area contributed by atoms with E-state index in [2.05, 4.69) is 15.1 Å². The number of nitrogens with one attached hydrogen (secondary N) is 1. The topological polar surface area (TPSA) is 72.3 Å². The lowest BCUT2D eigenvalue weighted by atomic mass is 10.2. The summed E-state index contributed by atoms with van der Waals surface area (Å²) < 4.78 is 6.68. The number of fused-ring (bicyclic) bond motifs is 2. The second-order valence-corrected chi connectivity index (χ2v) is 7.44. The van der Waals surface area contributed by atoms with E-state index in [1.807, 2.05) is 41.2 Å². The average molecular weight is 380 g/mol. The molecule has 0 saturated heterocycles. The van der Waals surface area contributed by atoms with Gasteiger partial charge in [-0.05, 0) is 29.6 Å². The van der Waals surface area contributed by atoms with Gasteiger partial charge in [-0.1, -0.05) is 11.3 Å². The number of hydrogen-bond donors (Lipinski definition) is 1. The molecule has 8 heteroatoms. The van der Waals surface area contributed by atoms with Gasteiger partial charge < -0.3 is 9.72 Å². The van der Waals surface area contributed by atoms with Gasteiger partial charge in [0.1, 0.15) is 10.8 Å². The van der Waals surface area contributed by atoms with Crippen molar-refractivity contribution in [1.82, 2.24) is 19.6 Å². The number of aromatic amines is 1. The van der Waals surface area contributed by atoms with Crippen LogP contribution in [0.4, 0.5) is 0 Å². The van der Waals surface area contributed by atoms with Crippen LogP contribution in [0.5, 0.6) is 5.75 Å². The quantitative estimate of drug-likeness (QED) is 0.513. The minimum Gasteiger partial charge on any atom is -0.497 e. The molecule has 0 fully saturated rings. The maximum Gasteiger partial charge on any atom is 0.275 e. The molecule has 0 amide bonds. The summed E-state index contributed by atoms with van der Waals surface area (Å²) in [6, 6.07) is 9.30. The lowest BCUT2D eigenvalue weighted by Crippen LogP contribution is -2.13. The molecule has 5 aromatic rings. The third-order valence-corrected chi connectivity index (χ3v) is 5.81. The first-order valence-electron chi connectivity index (χ1n) is 7.82. The normalized spacial score (nSPS) is 11.4. The molecule has 128 valence electrons. The molecule has 26 heavy (non-hydrogen) atoms. The smallest absolute Gasteiger partial charge is 0.275 e. The second kappa shape index (κ2) is 5.79. The van der Waals surface area contributed by atoms with Crippen LogP contribution in [0.1, 0.15) is 0 Å². The molecule has 0 aliphatic carbocycles. The Morgan fingerprint density at radius 3 is 2.96 bits per heavy atom. The first-order chi connectivity index (χ1) is 12.7. The van der Waals surface area contributed by atoms with E-state index in [0.717, 1.165) is 32.8 Å². The highest BCUT2D eigenvalue weighted by atomic mass is 32.1. The van der Waals surface area contributed by atoms with E-state index in [0.29, 0.717) is 10.7 Å². The molecular weight excluding hydrogens is 368 g/mol. The molecule has 0 radical (unpaired) electrons. The fourth-order valence-corrected chi connectivity index (χ4v) is 4.47. The third-order valence-electron chi connectivity index (χ3n) is 4.18. The van der Waals surface area contributed by atoms with E-state index in [9.17, 15) is 4.79 Å². The van der Waals surface area contributed by atoms with Crippen LogP contribution in [0.3, 0.4) is 0 Å². The number of benzene rings is 1. The Morgan fingerprint density at radius 1 is 1.23 bits per heavy atom. The van der Waals surface area contributed by atoms with Gasteiger partial charge in [-0.3, -0.25) is 4.79 Å². The van der Waals surface area contributed by atoms with Gasteiger partial charge in [-0.2, -0.15) is 21.0 Å². The Hall–Kier alpha value is -2.97. The molecule has 0 bridgehead atoms. The van der Waals surface area contributed by atoms with E-state index in [1.54, 1.807) is 18.4 Å². The monoisotopic (exact) mass is 380 g/mol. The van der Waals surface area contributed by atoms with Crippen molar-refractivity contribution in [2.45, 2.75) is 0 Å². The van der Waals surface area contributed by atoms with E-state index in [4.69, 9.17) is 4.74 Å². The zero-order valence-corrected chi connectivity index (χ0v) is 15.2. The van der Waals surface area contributed by atoms with Gasteiger partial charge in [0.05, 0.1) is 12.8 Å². The molecule has 4 aromatic heterocycles. The Labute approximate surface area is 155 Å². The highest BCUT2D eigenvalue weighted by molar-refractivity contribution is 7.20. The van der Waals surface area contributed by atoms with Crippen LogP contribution in [0.2, 0.25) is 0 Å².